The minimum atomic E-state index is 0.0248. The molecule has 0 heterocycles. The number of unbranched alkanes of at least 4 members (excludes halogenated alkanes) is 5. The lowest BCUT2D eigenvalue weighted by molar-refractivity contribution is -0.121. The number of aliphatic hydroxyl groups is 1. The molecule has 3 heteroatoms. The predicted octanol–water partition coefficient (Wildman–Crippen LogP) is 2.79. The lowest BCUT2D eigenvalue weighted by Crippen LogP contribution is -2.25. The molecule has 0 saturated carbocycles. The van der Waals surface area contributed by atoms with Gasteiger partial charge in [0.05, 0.1) is 6.61 Å². The highest BCUT2D eigenvalue weighted by atomic mass is 16.3. The second kappa shape index (κ2) is 13.2. The number of carbonyl (C=O) groups excluding carboxylic acids is 1. The van der Waals surface area contributed by atoms with Gasteiger partial charge in [-0.2, -0.15) is 0 Å². The molecule has 0 aliphatic heterocycles. The summed E-state index contributed by atoms with van der Waals surface area (Å²) in [5, 5.41) is 11.2. The molecule has 0 bridgehead atoms. The minimum Gasteiger partial charge on any atom is -0.395 e. The summed E-state index contributed by atoms with van der Waals surface area (Å²) in [5.41, 5.74) is 0. The van der Waals surface area contributed by atoms with Crippen LogP contribution in [-0.2, 0) is 4.79 Å². The average molecular weight is 241 g/mol. The summed E-state index contributed by atoms with van der Waals surface area (Å²) in [5.74, 6) is 0.0601. The molecule has 1 amide bonds. The number of aliphatic hydroxyl groups excluding tert-OH is 1. The van der Waals surface area contributed by atoms with Crippen LogP contribution in [0, 0.1) is 0 Å². The van der Waals surface area contributed by atoms with Crippen molar-refractivity contribution in [3.8, 4) is 0 Å². The smallest absolute Gasteiger partial charge is 0.220 e. The molecule has 0 radical (unpaired) electrons. The molecule has 0 aliphatic rings. The molecule has 0 atom stereocenters. The Kier molecular flexibility index (Phi) is 12.6. The monoisotopic (exact) mass is 241 g/mol. The Balaban J connectivity index is 3.12. The summed E-state index contributed by atoms with van der Waals surface area (Å²) < 4.78 is 0. The molecule has 0 aliphatic carbocycles. The van der Waals surface area contributed by atoms with Crippen LogP contribution >= 0.6 is 0 Å². The Morgan fingerprint density at radius 3 is 2.53 bits per heavy atom. The molecule has 17 heavy (non-hydrogen) atoms. The fraction of sp³-hybridized carbons (Fsp3) is 0.786. The van der Waals surface area contributed by atoms with Crippen LogP contribution in [-0.4, -0.2) is 24.2 Å². The quantitative estimate of drug-likeness (QED) is 0.431. The number of hydrogen-bond acceptors (Lipinski definition) is 2. The number of amides is 1. The van der Waals surface area contributed by atoms with E-state index in [4.69, 9.17) is 5.11 Å². The van der Waals surface area contributed by atoms with Crippen LogP contribution in [0.1, 0.15) is 58.3 Å². The molecular weight excluding hydrogens is 214 g/mol. The number of carbonyl (C=O) groups is 1. The number of allylic oxidation sites excluding steroid dienone is 2. The van der Waals surface area contributed by atoms with Crippen LogP contribution in [0.5, 0.6) is 0 Å². The lowest BCUT2D eigenvalue weighted by atomic mass is 10.1. The normalized spacial score (nSPS) is 10.9. The summed E-state index contributed by atoms with van der Waals surface area (Å²) in [7, 11) is 0. The van der Waals surface area contributed by atoms with E-state index in [1.807, 2.05) is 0 Å². The summed E-state index contributed by atoms with van der Waals surface area (Å²) in [4.78, 5) is 11.2. The third-order valence-electron chi connectivity index (χ3n) is 2.61. The van der Waals surface area contributed by atoms with E-state index in [0.717, 1.165) is 19.3 Å². The Morgan fingerprint density at radius 2 is 1.82 bits per heavy atom. The van der Waals surface area contributed by atoms with Crippen molar-refractivity contribution in [3.63, 3.8) is 0 Å². The minimum absolute atomic E-state index is 0.0248. The summed E-state index contributed by atoms with van der Waals surface area (Å²) in [6, 6.07) is 0. The van der Waals surface area contributed by atoms with Crippen LogP contribution in [0.25, 0.3) is 0 Å². The van der Waals surface area contributed by atoms with Crippen molar-refractivity contribution in [3.05, 3.63) is 12.2 Å². The zero-order valence-electron chi connectivity index (χ0n) is 11.1. The molecule has 2 N–H and O–H groups in total. The standard InChI is InChI=1S/C14H27NO2/c1-2-3-4-5-6-7-8-9-10-11-14(17)15-12-13-16/h3-4,16H,2,5-13H2,1H3,(H,15,17)/b4-3+. The zero-order valence-corrected chi connectivity index (χ0v) is 11.1. The van der Waals surface area contributed by atoms with E-state index in [2.05, 4.69) is 24.4 Å². The highest BCUT2D eigenvalue weighted by Crippen LogP contribution is 2.07. The Morgan fingerprint density at radius 1 is 1.12 bits per heavy atom. The molecule has 0 aromatic rings. The van der Waals surface area contributed by atoms with Gasteiger partial charge in [0.15, 0.2) is 0 Å². The largest absolute Gasteiger partial charge is 0.395 e. The van der Waals surface area contributed by atoms with Crippen molar-refractivity contribution in [1.82, 2.24) is 5.32 Å². The number of nitrogens with one attached hydrogen (secondary N) is 1. The van der Waals surface area contributed by atoms with E-state index < -0.39 is 0 Å². The Bertz CT molecular complexity index is 202. The van der Waals surface area contributed by atoms with Crippen LogP contribution in [0.4, 0.5) is 0 Å². The summed E-state index contributed by atoms with van der Waals surface area (Å²) >= 11 is 0. The lowest BCUT2D eigenvalue weighted by Gasteiger charge is -2.02. The molecule has 0 fully saturated rings. The van der Waals surface area contributed by atoms with Gasteiger partial charge in [0, 0.05) is 13.0 Å². The van der Waals surface area contributed by atoms with Crippen LogP contribution in [0.3, 0.4) is 0 Å². The van der Waals surface area contributed by atoms with Crippen molar-refractivity contribution in [1.29, 1.82) is 0 Å². The average Bonchev–Trinajstić information content (AvgIpc) is 2.34. The van der Waals surface area contributed by atoms with E-state index in [1.54, 1.807) is 0 Å². The molecule has 0 saturated heterocycles. The van der Waals surface area contributed by atoms with Gasteiger partial charge in [0.2, 0.25) is 5.91 Å². The molecular formula is C14H27NO2. The first-order chi connectivity index (χ1) is 8.31. The van der Waals surface area contributed by atoms with Gasteiger partial charge in [-0.05, 0) is 25.7 Å². The van der Waals surface area contributed by atoms with E-state index >= 15 is 0 Å². The molecule has 100 valence electrons. The van der Waals surface area contributed by atoms with Gasteiger partial charge in [-0.1, -0.05) is 38.3 Å². The summed E-state index contributed by atoms with van der Waals surface area (Å²) in [6.07, 6.45) is 13.2. The van der Waals surface area contributed by atoms with E-state index in [0.29, 0.717) is 13.0 Å². The predicted molar refractivity (Wildman–Crippen MR) is 71.8 cm³/mol. The second-order valence-corrected chi connectivity index (χ2v) is 4.26. The maximum absolute atomic E-state index is 11.2. The van der Waals surface area contributed by atoms with Crippen molar-refractivity contribution in [2.45, 2.75) is 58.3 Å². The SMILES string of the molecule is CC/C=C/CCCCCCCC(=O)NCCO. The third kappa shape index (κ3) is 13.1. The Hall–Kier alpha value is -0.830. The maximum atomic E-state index is 11.2. The third-order valence-corrected chi connectivity index (χ3v) is 2.61. The van der Waals surface area contributed by atoms with E-state index in [9.17, 15) is 4.79 Å². The highest BCUT2D eigenvalue weighted by Gasteiger charge is 1.99. The number of rotatable bonds is 11. The molecule has 0 aromatic carbocycles. The molecule has 0 unspecified atom stereocenters. The molecule has 0 aromatic heterocycles. The number of hydrogen-bond donors (Lipinski definition) is 2. The van der Waals surface area contributed by atoms with Crippen LogP contribution in [0.15, 0.2) is 12.2 Å². The first kappa shape index (κ1) is 16.2. The van der Waals surface area contributed by atoms with Gasteiger partial charge in [-0.15, -0.1) is 0 Å². The fourth-order valence-electron chi connectivity index (χ4n) is 1.65. The van der Waals surface area contributed by atoms with E-state index in [1.165, 1.54) is 25.7 Å². The summed E-state index contributed by atoms with van der Waals surface area (Å²) in [6.45, 7) is 2.55. The second-order valence-electron chi connectivity index (χ2n) is 4.26. The van der Waals surface area contributed by atoms with Gasteiger partial charge in [0.25, 0.3) is 0 Å². The van der Waals surface area contributed by atoms with Gasteiger partial charge in [0.1, 0.15) is 0 Å². The van der Waals surface area contributed by atoms with Gasteiger partial charge >= 0.3 is 0 Å². The zero-order chi connectivity index (χ0) is 12.8. The maximum Gasteiger partial charge on any atom is 0.220 e. The van der Waals surface area contributed by atoms with Crippen LogP contribution < -0.4 is 5.32 Å². The molecule has 3 nitrogen and oxygen atoms in total. The molecule has 0 spiro atoms. The first-order valence-corrected chi connectivity index (χ1v) is 6.83. The molecule has 0 rings (SSSR count). The van der Waals surface area contributed by atoms with Crippen molar-refractivity contribution in [2.75, 3.05) is 13.2 Å². The van der Waals surface area contributed by atoms with Crippen molar-refractivity contribution in [2.24, 2.45) is 0 Å². The van der Waals surface area contributed by atoms with Crippen molar-refractivity contribution < 1.29 is 9.90 Å². The highest BCUT2D eigenvalue weighted by molar-refractivity contribution is 5.75. The van der Waals surface area contributed by atoms with E-state index in [-0.39, 0.29) is 12.5 Å². The van der Waals surface area contributed by atoms with Crippen molar-refractivity contribution >= 4 is 5.91 Å². The van der Waals surface area contributed by atoms with Gasteiger partial charge < -0.3 is 10.4 Å². The topological polar surface area (TPSA) is 49.3 Å². The van der Waals surface area contributed by atoms with Gasteiger partial charge in [-0.25, -0.2) is 0 Å². The van der Waals surface area contributed by atoms with Gasteiger partial charge in [-0.3, -0.25) is 4.79 Å². The fourth-order valence-corrected chi connectivity index (χ4v) is 1.65. The van der Waals surface area contributed by atoms with Crippen LogP contribution in [0.2, 0.25) is 0 Å². The first-order valence-electron chi connectivity index (χ1n) is 6.83. The Labute approximate surface area is 105 Å².